The van der Waals surface area contributed by atoms with E-state index < -0.39 is 6.10 Å². The lowest BCUT2D eigenvalue weighted by Gasteiger charge is -2.36. The number of nitrogens with one attached hydrogen (secondary N) is 1. The predicted octanol–water partition coefficient (Wildman–Crippen LogP) is 1.19. The lowest BCUT2D eigenvalue weighted by Crippen LogP contribution is -2.50. The number of carbonyl (C=O) groups is 1. The van der Waals surface area contributed by atoms with E-state index in [0.717, 1.165) is 29.2 Å². The number of hydrogen-bond acceptors (Lipinski definition) is 4. The van der Waals surface area contributed by atoms with Gasteiger partial charge in [0.05, 0.1) is 36.5 Å². The Balaban J connectivity index is 1.53. The van der Waals surface area contributed by atoms with Crippen molar-refractivity contribution < 1.29 is 9.53 Å². The van der Waals surface area contributed by atoms with Crippen molar-refractivity contribution in [1.82, 2.24) is 14.9 Å². The van der Waals surface area contributed by atoms with Gasteiger partial charge in [-0.25, -0.2) is 4.98 Å². The minimum absolute atomic E-state index is 0.0432. The van der Waals surface area contributed by atoms with Crippen LogP contribution in [-0.4, -0.2) is 47.0 Å². The molecule has 0 unspecified atom stereocenters. The number of carbonyl (C=O) groups excluding carboxylic acids is 1. The number of hydrogen-bond donors (Lipinski definition) is 1. The molecule has 1 aromatic carbocycles. The van der Waals surface area contributed by atoms with Crippen LogP contribution < -0.4 is 9.64 Å². The molecular weight excluding hydrogens is 280 g/mol. The zero-order valence-electron chi connectivity index (χ0n) is 12.5. The Kier molecular flexibility index (Phi) is 3.03. The fourth-order valence-electron chi connectivity index (χ4n) is 3.14. The maximum atomic E-state index is 12.8. The average molecular weight is 298 g/mol. The van der Waals surface area contributed by atoms with Crippen LogP contribution in [0.1, 0.15) is 11.4 Å². The van der Waals surface area contributed by atoms with Gasteiger partial charge in [0.25, 0.3) is 5.91 Å². The number of likely N-dealkylation sites (N-methyl/N-ethyl adjacent to an activating group) is 1. The first-order valence-electron chi connectivity index (χ1n) is 7.49. The van der Waals surface area contributed by atoms with Gasteiger partial charge in [0.15, 0.2) is 6.10 Å². The summed E-state index contributed by atoms with van der Waals surface area (Å²) in [5.74, 6) is 0.815. The van der Waals surface area contributed by atoms with Crippen LogP contribution >= 0.6 is 0 Å². The van der Waals surface area contributed by atoms with Crippen molar-refractivity contribution in [2.24, 2.45) is 0 Å². The lowest BCUT2D eigenvalue weighted by molar-refractivity contribution is -0.139. The Morgan fingerprint density at radius 2 is 2.27 bits per heavy atom. The highest BCUT2D eigenvalue weighted by Crippen LogP contribution is 2.32. The van der Waals surface area contributed by atoms with Crippen LogP contribution in [0.2, 0.25) is 0 Å². The summed E-state index contributed by atoms with van der Waals surface area (Å²) in [6, 6.07) is 7.82. The van der Waals surface area contributed by atoms with Crippen molar-refractivity contribution in [2.45, 2.75) is 19.1 Å². The maximum Gasteiger partial charge on any atom is 0.265 e. The predicted molar refractivity (Wildman–Crippen MR) is 81.8 cm³/mol. The molecule has 0 spiro atoms. The summed E-state index contributed by atoms with van der Waals surface area (Å²) in [5, 5.41) is 0. The van der Waals surface area contributed by atoms with Crippen LogP contribution in [0.25, 0.3) is 0 Å². The molecule has 2 aliphatic rings. The summed E-state index contributed by atoms with van der Waals surface area (Å²) in [6.45, 7) is 1.85. The molecular formula is C16H18N4O2. The monoisotopic (exact) mass is 298 g/mol. The molecule has 0 saturated carbocycles. The molecule has 6 heteroatoms. The topological polar surface area (TPSA) is 61.5 Å². The van der Waals surface area contributed by atoms with Crippen molar-refractivity contribution in [3.05, 3.63) is 42.0 Å². The summed E-state index contributed by atoms with van der Waals surface area (Å²) >= 11 is 0. The van der Waals surface area contributed by atoms with E-state index in [1.165, 1.54) is 0 Å². The summed E-state index contributed by atoms with van der Waals surface area (Å²) in [4.78, 5) is 24.1. The van der Waals surface area contributed by atoms with E-state index in [0.29, 0.717) is 19.6 Å². The Bertz CT molecular complexity index is 712. The zero-order valence-corrected chi connectivity index (χ0v) is 12.5. The van der Waals surface area contributed by atoms with E-state index in [2.05, 4.69) is 14.9 Å². The van der Waals surface area contributed by atoms with Crippen molar-refractivity contribution >= 4 is 11.6 Å². The number of para-hydroxylation sites is 2. The highest BCUT2D eigenvalue weighted by molar-refractivity contribution is 5.83. The number of imidazole rings is 1. The maximum absolute atomic E-state index is 12.8. The average Bonchev–Trinajstić information content (AvgIpc) is 3.01. The number of anilines is 1. The Labute approximate surface area is 128 Å². The summed E-state index contributed by atoms with van der Waals surface area (Å²) < 4.78 is 5.93. The Morgan fingerprint density at radius 3 is 3.18 bits per heavy atom. The first kappa shape index (κ1) is 13.2. The SMILES string of the molecule is CN1C[C@H](C(=O)N2CCc3nc[nH]c3C2)Oc2ccccc21. The molecule has 0 bridgehead atoms. The van der Waals surface area contributed by atoms with E-state index in [1.54, 1.807) is 6.33 Å². The van der Waals surface area contributed by atoms with Crippen LogP contribution in [0.5, 0.6) is 5.75 Å². The second-order valence-corrected chi connectivity index (χ2v) is 5.79. The number of nitrogens with zero attached hydrogens (tertiary/aromatic N) is 3. The summed E-state index contributed by atoms with van der Waals surface area (Å²) in [7, 11) is 1.99. The molecule has 3 heterocycles. The Hall–Kier alpha value is -2.50. The third-order valence-corrected chi connectivity index (χ3v) is 4.35. The standard InChI is InChI=1S/C16H18N4O2/c1-19-9-15(22-14-5-3-2-4-13(14)19)16(21)20-7-6-11-12(8-20)18-10-17-11/h2-5,10,15H,6-9H2,1H3,(H,17,18)/t15-/m1/s1. The molecule has 1 aromatic heterocycles. The van der Waals surface area contributed by atoms with Gasteiger partial charge >= 0.3 is 0 Å². The first-order chi connectivity index (χ1) is 10.7. The van der Waals surface area contributed by atoms with Crippen molar-refractivity contribution in [3.8, 4) is 5.75 Å². The van der Waals surface area contributed by atoms with Crippen LogP contribution in [0, 0.1) is 0 Å². The number of aromatic nitrogens is 2. The number of benzene rings is 1. The normalized spacial score (nSPS) is 20.1. The second kappa shape index (κ2) is 5.05. The third-order valence-electron chi connectivity index (χ3n) is 4.35. The number of ether oxygens (including phenoxy) is 1. The molecule has 6 nitrogen and oxygen atoms in total. The number of amides is 1. The van der Waals surface area contributed by atoms with Crippen molar-refractivity contribution in [1.29, 1.82) is 0 Å². The van der Waals surface area contributed by atoms with Crippen molar-refractivity contribution in [3.63, 3.8) is 0 Å². The molecule has 0 saturated heterocycles. The minimum Gasteiger partial charge on any atom is -0.477 e. The molecule has 114 valence electrons. The van der Waals surface area contributed by atoms with E-state index >= 15 is 0 Å². The van der Waals surface area contributed by atoms with Crippen LogP contribution in [0.3, 0.4) is 0 Å². The third kappa shape index (κ3) is 2.11. The van der Waals surface area contributed by atoms with Gasteiger partial charge in [-0.2, -0.15) is 0 Å². The number of H-pyrrole nitrogens is 1. The second-order valence-electron chi connectivity index (χ2n) is 5.79. The van der Waals surface area contributed by atoms with Crippen LogP contribution in [0.4, 0.5) is 5.69 Å². The molecule has 22 heavy (non-hydrogen) atoms. The zero-order chi connectivity index (χ0) is 15.1. The quantitative estimate of drug-likeness (QED) is 0.859. The smallest absolute Gasteiger partial charge is 0.265 e. The van der Waals surface area contributed by atoms with Crippen LogP contribution in [-0.2, 0) is 17.8 Å². The van der Waals surface area contributed by atoms with E-state index in [9.17, 15) is 4.79 Å². The van der Waals surface area contributed by atoms with Gasteiger partial charge < -0.3 is 19.5 Å². The molecule has 4 rings (SSSR count). The molecule has 1 N–H and O–H groups in total. The summed E-state index contributed by atoms with van der Waals surface area (Å²) in [5.41, 5.74) is 3.13. The Morgan fingerprint density at radius 1 is 1.41 bits per heavy atom. The van der Waals surface area contributed by atoms with E-state index in [1.807, 2.05) is 36.2 Å². The fourth-order valence-corrected chi connectivity index (χ4v) is 3.14. The van der Waals surface area contributed by atoms with Gasteiger partial charge in [-0.3, -0.25) is 4.79 Å². The fraction of sp³-hybridized carbons (Fsp3) is 0.375. The van der Waals surface area contributed by atoms with Crippen LogP contribution in [0.15, 0.2) is 30.6 Å². The largest absolute Gasteiger partial charge is 0.477 e. The molecule has 1 atom stereocenters. The van der Waals surface area contributed by atoms with Gasteiger partial charge in [-0.15, -0.1) is 0 Å². The summed E-state index contributed by atoms with van der Waals surface area (Å²) in [6.07, 6.45) is 2.04. The molecule has 0 aliphatic carbocycles. The number of rotatable bonds is 1. The molecule has 2 aromatic rings. The van der Waals surface area contributed by atoms with Gasteiger partial charge in [-0.1, -0.05) is 12.1 Å². The molecule has 0 radical (unpaired) electrons. The van der Waals surface area contributed by atoms with Gasteiger partial charge in [-0.05, 0) is 12.1 Å². The number of fused-ring (bicyclic) bond motifs is 2. The molecule has 2 aliphatic heterocycles. The lowest BCUT2D eigenvalue weighted by atomic mass is 10.1. The van der Waals surface area contributed by atoms with E-state index in [4.69, 9.17) is 4.74 Å². The highest BCUT2D eigenvalue weighted by atomic mass is 16.5. The molecule has 1 amide bonds. The number of aromatic amines is 1. The first-order valence-corrected chi connectivity index (χ1v) is 7.49. The minimum atomic E-state index is -0.454. The molecule has 0 fully saturated rings. The van der Waals surface area contributed by atoms with Crippen molar-refractivity contribution in [2.75, 3.05) is 25.0 Å². The highest BCUT2D eigenvalue weighted by Gasteiger charge is 2.33. The van der Waals surface area contributed by atoms with E-state index in [-0.39, 0.29) is 5.91 Å². The van der Waals surface area contributed by atoms with Gasteiger partial charge in [0.1, 0.15) is 5.75 Å². The van der Waals surface area contributed by atoms with Gasteiger partial charge in [0.2, 0.25) is 0 Å². The van der Waals surface area contributed by atoms with Gasteiger partial charge in [0, 0.05) is 20.0 Å².